The Morgan fingerprint density at radius 3 is 1.06 bits per heavy atom. The zero-order valence-electron chi connectivity index (χ0n) is 47.9. The Kier molecular flexibility index (Phi) is 13.2. The molecule has 0 atom stereocenters. The molecule has 0 aliphatic heterocycles. The molecule has 15 rings (SSSR count). The number of fused-ring (bicyclic) bond motifs is 6. The number of benzene rings is 12. The third-order valence-electron chi connectivity index (χ3n) is 16.6. The minimum Gasteiger partial charge on any atom is -0.309 e. The number of nitrogens with zero attached hydrogens (tertiary/aromatic N) is 10. The van der Waals surface area contributed by atoms with Crippen LogP contribution in [-0.4, -0.2) is 24.1 Å². The van der Waals surface area contributed by atoms with Crippen molar-refractivity contribution in [1.29, 1.82) is 10.5 Å². The summed E-state index contributed by atoms with van der Waals surface area (Å²) in [5.74, 6) is 1.50. The van der Waals surface area contributed by atoms with Gasteiger partial charge in [-0.2, -0.15) is 10.5 Å². The van der Waals surface area contributed by atoms with E-state index in [-0.39, 0.29) is 0 Å². The fourth-order valence-corrected chi connectivity index (χ4v) is 12.4. The molecule has 0 N–H and O–H groups in total. The second-order valence-corrected chi connectivity index (χ2v) is 21.9. The van der Waals surface area contributed by atoms with Gasteiger partial charge in [0.2, 0.25) is 0 Å². The fourth-order valence-electron chi connectivity index (χ4n) is 12.4. The van der Waals surface area contributed by atoms with Crippen LogP contribution >= 0.6 is 0 Å². The van der Waals surface area contributed by atoms with Gasteiger partial charge in [-0.1, -0.05) is 158 Å². The zero-order chi connectivity index (χ0) is 60.8. The summed E-state index contributed by atoms with van der Waals surface area (Å²) in [7, 11) is 0. The van der Waals surface area contributed by atoms with Gasteiger partial charge in [-0.25, -0.2) is 29.5 Å². The lowest BCUT2D eigenvalue weighted by atomic mass is 9.96. The average molecular weight is 1150 g/mol. The molecule has 12 aromatic carbocycles. The van der Waals surface area contributed by atoms with Crippen LogP contribution in [0.2, 0.25) is 0 Å². The third-order valence-corrected chi connectivity index (χ3v) is 16.6. The maximum Gasteiger partial charge on any atom is 0.187 e. The summed E-state index contributed by atoms with van der Waals surface area (Å²) in [5.41, 5.74) is 19.2. The van der Waals surface area contributed by atoms with Gasteiger partial charge in [-0.3, -0.25) is 0 Å². The summed E-state index contributed by atoms with van der Waals surface area (Å²) < 4.78 is 4.55. The van der Waals surface area contributed by atoms with Crippen LogP contribution in [0.1, 0.15) is 11.1 Å². The van der Waals surface area contributed by atoms with Crippen molar-refractivity contribution in [2.24, 2.45) is 0 Å². The fraction of sp³-hybridized carbons (Fsp3) is 0. The second-order valence-electron chi connectivity index (χ2n) is 21.9. The molecule has 0 unspecified atom stereocenters. The predicted octanol–water partition coefficient (Wildman–Crippen LogP) is 20.8. The first-order chi connectivity index (χ1) is 44.3. The van der Waals surface area contributed by atoms with Gasteiger partial charge in [0.15, 0.2) is 34.5 Å². The van der Waals surface area contributed by atoms with Crippen molar-refractivity contribution in [3.8, 4) is 113 Å². The van der Waals surface area contributed by atoms with Crippen molar-refractivity contribution >= 4 is 60.7 Å². The molecule has 0 bridgehead atoms. The highest BCUT2D eigenvalue weighted by molar-refractivity contribution is 6.14. The standard InChI is InChI=1S/C80H44N10/c1-83-63-23-11-20-55(40-63)59-28-33-73-68(44-59)69-45-60(56-21-12-24-64(41-56)84-2)29-34-74(69)89(73)72-37-31-62(80-87-78(52-15-6-4-7-16-52)86-79(88-80)53-17-8-5-9-18-53)47-67(72)66-32-26-51(49-82)39-77(66)90-75-35-27-58(54-19-10-14-50(38-54)48-81)43-70(75)71-46-61(30-36-76(71)90)57-22-13-25-65(42-57)85-3/h4-47H. The minimum absolute atomic E-state index is 0.456. The van der Waals surface area contributed by atoms with Crippen LogP contribution in [0.25, 0.3) is 159 Å². The quantitative estimate of drug-likeness (QED) is 0.127. The lowest BCUT2D eigenvalue weighted by Gasteiger charge is -2.20. The Morgan fingerprint density at radius 1 is 0.278 bits per heavy atom. The SMILES string of the molecule is [C-]#[N+]c1cccc(-c2ccc3c(c2)c2cc(-c4cccc([N+]#[C-])c4)ccc2n3-c2ccc(-c3nc(-c4ccccc4)nc(-c4ccccc4)n3)cc2-c2ccc(C#N)cc2-n2c3ccc(-c4cccc(C#N)c4)cc3c3cc(-c4cccc([N+]#[C-])c4)ccc32)c1. The second kappa shape index (κ2) is 22.3. The van der Waals surface area contributed by atoms with E-state index in [1.807, 2.05) is 170 Å². The summed E-state index contributed by atoms with van der Waals surface area (Å²) in [4.78, 5) is 26.9. The molecule has 3 aromatic heterocycles. The molecule has 0 aliphatic rings. The maximum atomic E-state index is 10.9. The van der Waals surface area contributed by atoms with Gasteiger partial charge in [-0.15, -0.1) is 0 Å². The van der Waals surface area contributed by atoms with E-state index in [1.54, 1.807) is 6.07 Å². The van der Waals surface area contributed by atoms with Gasteiger partial charge in [0, 0.05) is 49.4 Å². The van der Waals surface area contributed by atoms with Crippen molar-refractivity contribution in [3.05, 3.63) is 312 Å². The van der Waals surface area contributed by atoms with Crippen LogP contribution in [-0.2, 0) is 0 Å². The molecule has 0 aliphatic carbocycles. The van der Waals surface area contributed by atoms with Crippen molar-refractivity contribution in [2.45, 2.75) is 0 Å². The molecular weight excluding hydrogens is 1100 g/mol. The van der Waals surface area contributed by atoms with E-state index in [9.17, 15) is 10.5 Å². The van der Waals surface area contributed by atoms with Gasteiger partial charge < -0.3 is 9.13 Å². The molecule has 10 heteroatoms. The summed E-state index contributed by atoms with van der Waals surface area (Å²) in [6.45, 7) is 23.6. The molecule has 3 heterocycles. The lowest BCUT2D eigenvalue weighted by Crippen LogP contribution is -2.04. The van der Waals surface area contributed by atoms with Crippen LogP contribution in [0.3, 0.4) is 0 Å². The first-order valence-corrected chi connectivity index (χ1v) is 29.0. The maximum absolute atomic E-state index is 10.9. The lowest BCUT2D eigenvalue weighted by molar-refractivity contribution is 1.07. The van der Waals surface area contributed by atoms with Crippen molar-refractivity contribution in [1.82, 2.24) is 24.1 Å². The molecule has 0 amide bonds. The summed E-state index contributed by atoms with van der Waals surface area (Å²) >= 11 is 0. The molecule has 0 spiro atoms. The van der Waals surface area contributed by atoms with Crippen molar-refractivity contribution < 1.29 is 0 Å². The molecule has 414 valence electrons. The van der Waals surface area contributed by atoms with Crippen LogP contribution in [0.15, 0.2) is 267 Å². The minimum atomic E-state index is 0.456. The summed E-state index contributed by atoms with van der Waals surface area (Å²) in [6, 6.07) is 93.2. The first kappa shape index (κ1) is 53.4. The summed E-state index contributed by atoms with van der Waals surface area (Å²) in [6.07, 6.45) is 0. The summed E-state index contributed by atoms with van der Waals surface area (Å²) in [5, 5.41) is 24.8. The molecule has 0 radical (unpaired) electrons. The van der Waals surface area contributed by atoms with E-state index < -0.39 is 0 Å². The van der Waals surface area contributed by atoms with Crippen molar-refractivity contribution in [2.75, 3.05) is 0 Å². The molecule has 0 saturated carbocycles. The van der Waals surface area contributed by atoms with Gasteiger partial charge in [-0.05, 0) is 154 Å². The van der Waals surface area contributed by atoms with E-state index in [4.69, 9.17) is 34.7 Å². The van der Waals surface area contributed by atoms with Crippen LogP contribution in [0.4, 0.5) is 17.1 Å². The molecule has 0 saturated heterocycles. The smallest absolute Gasteiger partial charge is 0.187 e. The van der Waals surface area contributed by atoms with E-state index in [2.05, 4.69) is 127 Å². The Morgan fingerprint density at radius 2 is 0.633 bits per heavy atom. The Bertz CT molecular complexity index is 5400. The van der Waals surface area contributed by atoms with Gasteiger partial charge in [0.05, 0.1) is 76.4 Å². The monoisotopic (exact) mass is 1140 g/mol. The molecule has 90 heavy (non-hydrogen) atoms. The molecule has 0 fully saturated rings. The third kappa shape index (κ3) is 9.50. The van der Waals surface area contributed by atoms with Crippen LogP contribution in [0.5, 0.6) is 0 Å². The van der Waals surface area contributed by atoms with Gasteiger partial charge >= 0.3 is 0 Å². The Labute approximate surface area is 518 Å². The topological polar surface area (TPSA) is 109 Å². The Balaban J connectivity index is 1.04. The highest BCUT2D eigenvalue weighted by Crippen LogP contribution is 2.46. The van der Waals surface area contributed by atoms with Gasteiger partial charge in [0.1, 0.15) is 0 Å². The predicted molar refractivity (Wildman–Crippen MR) is 360 cm³/mol. The average Bonchev–Trinajstić information content (AvgIpc) is 1.58. The molecule has 15 aromatic rings. The Hall–Kier alpha value is -13.3. The number of nitriles is 2. The van der Waals surface area contributed by atoms with Gasteiger partial charge in [0.25, 0.3) is 0 Å². The highest BCUT2D eigenvalue weighted by Gasteiger charge is 2.25. The molecule has 10 nitrogen and oxygen atoms in total. The number of hydrogen-bond acceptors (Lipinski definition) is 5. The van der Waals surface area contributed by atoms with E-state index in [0.29, 0.717) is 45.7 Å². The molecular formula is C80H44N10. The van der Waals surface area contributed by atoms with Crippen LogP contribution < -0.4 is 0 Å². The first-order valence-electron chi connectivity index (χ1n) is 29.0. The normalized spacial score (nSPS) is 11.1. The number of hydrogen-bond donors (Lipinski definition) is 0. The number of aromatic nitrogens is 5. The zero-order valence-corrected chi connectivity index (χ0v) is 47.9. The van der Waals surface area contributed by atoms with Crippen molar-refractivity contribution in [3.63, 3.8) is 0 Å². The largest absolute Gasteiger partial charge is 0.309 e. The van der Waals surface area contributed by atoms with E-state index >= 15 is 0 Å². The van der Waals surface area contributed by atoms with Crippen LogP contribution in [0, 0.1) is 42.4 Å². The number of rotatable bonds is 10. The van der Waals surface area contributed by atoms with E-state index in [0.717, 1.165) is 127 Å². The van der Waals surface area contributed by atoms with E-state index in [1.165, 1.54) is 0 Å². The highest BCUT2D eigenvalue weighted by atomic mass is 15.0.